The predicted molar refractivity (Wildman–Crippen MR) is 77.8 cm³/mol. The smallest absolute Gasteiger partial charge is 0.323 e. The zero-order valence-electron chi connectivity index (χ0n) is 11.5. The van der Waals surface area contributed by atoms with Crippen LogP contribution in [-0.2, 0) is 4.79 Å². The molecule has 0 fully saturated rings. The summed E-state index contributed by atoms with van der Waals surface area (Å²) >= 11 is 0. The number of aliphatic carboxylic acids is 1. The van der Waals surface area contributed by atoms with E-state index >= 15 is 0 Å². The van der Waals surface area contributed by atoms with Crippen molar-refractivity contribution in [1.29, 1.82) is 0 Å². The first kappa shape index (κ1) is 15.4. The summed E-state index contributed by atoms with van der Waals surface area (Å²) < 4.78 is 0. The van der Waals surface area contributed by atoms with Gasteiger partial charge in [0.1, 0.15) is 6.54 Å². The molecule has 6 nitrogen and oxygen atoms in total. The van der Waals surface area contributed by atoms with Gasteiger partial charge in [0.25, 0.3) is 0 Å². The molecule has 0 heterocycles. The standard InChI is InChI=1S/C14H17N3O3/c1-4-9-17(10-13(18)19)14(20)15-11-5-7-12(8-6-11)16(2)3/h1,5-8H,9-10H2,2-3H3,(H,15,20)(H,18,19). The molecule has 106 valence electrons. The first-order valence-corrected chi connectivity index (χ1v) is 5.92. The first-order chi connectivity index (χ1) is 9.43. The Morgan fingerprint density at radius 1 is 1.30 bits per heavy atom. The van der Waals surface area contributed by atoms with E-state index in [1.165, 1.54) is 0 Å². The van der Waals surface area contributed by atoms with Crippen LogP contribution in [0.1, 0.15) is 0 Å². The number of rotatable bonds is 5. The van der Waals surface area contributed by atoms with Crippen LogP contribution in [0.3, 0.4) is 0 Å². The Morgan fingerprint density at radius 3 is 2.35 bits per heavy atom. The molecule has 0 bridgehead atoms. The Morgan fingerprint density at radius 2 is 1.90 bits per heavy atom. The summed E-state index contributed by atoms with van der Waals surface area (Å²) in [7, 11) is 3.82. The third-order valence-corrected chi connectivity index (χ3v) is 2.53. The normalized spacial score (nSPS) is 9.45. The fourth-order valence-electron chi connectivity index (χ4n) is 1.52. The van der Waals surface area contributed by atoms with E-state index in [1.807, 2.05) is 31.1 Å². The summed E-state index contributed by atoms with van der Waals surface area (Å²) in [5.74, 6) is 1.15. The van der Waals surface area contributed by atoms with Crippen LogP contribution in [-0.4, -0.2) is 49.2 Å². The average molecular weight is 275 g/mol. The molecule has 0 atom stereocenters. The van der Waals surface area contributed by atoms with Gasteiger partial charge >= 0.3 is 12.0 Å². The van der Waals surface area contributed by atoms with Gasteiger partial charge in [-0.15, -0.1) is 6.42 Å². The number of benzene rings is 1. The van der Waals surface area contributed by atoms with Crippen LogP contribution < -0.4 is 10.2 Å². The minimum Gasteiger partial charge on any atom is -0.480 e. The van der Waals surface area contributed by atoms with E-state index in [0.29, 0.717) is 5.69 Å². The zero-order chi connectivity index (χ0) is 15.1. The highest BCUT2D eigenvalue weighted by molar-refractivity contribution is 5.91. The van der Waals surface area contributed by atoms with Crippen LogP contribution in [0.2, 0.25) is 0 Å². The topological polar surface area (TPSA) is 72.9 Å². The molecule has 0 spiro atoms. The summed E-state index contributed by atoms with van der Waals surface area (Å²) in [4.78, 5) is 25.5. The highest BCUT2D eigenvalue weighted by atomic mass is 16.4. The Bertz CT molecular complexity index is 517. The van der Waals surface area contributed by atoms with Crippen molar-refractivity contribution in [3.05, 3.63) is 24.3 Å². The number of carboxylic acids is 1. The van der Waals surface area contributed by atoms with Gasteiger partial charge < -0.3 is 20.2 Å². The number of nitrogens with zero attached hydrogens (tertiary/aromatic N) is 2. The van der Waals surface area contributed by atoms with Crippen molar-refractivity contribution in [3.63, 3.8) is 0 Å². The van der Waals surface area contributed by atoms with Crippen molar-refractivity contribution in [2.24, 2.45) is 0 Å². The van der Waals surface area contributed by atoms with Gasteiger partial charge in [-0.2, -0.15) is 0 Å². The molecule has 1 rings (SSSR count). The van der Waals surface area contributed by atoms with E-state index < -0.39 is 18.5 Å². The highest BCUT2D eigenvalue weighted by Crippen LogP contribution is 2.15. The van der Waals surface area contributed by atoms with Gasteiger partial charge in [0.2, 0.25) is 0 Å². The van der Waals surface area contributed by atoms with Crippen molar-refractivity contribution in [2.75, 3.05) is 37.4 Å². The molecule has 2 N–H and O–H groups in total. The zero-order valence-corrected chi connectivity index (χ0v) is 11.5. The summed E-state index contributed by atoms with van der Waals surface area (Å²) in [5.41, 5.74) is 1.57. The highest BCUT2D eigenvalue weighted by Gasteiger charge is 2.15. The SMILES string of the molecule is C#CCN(CC(=O)O)C(=O)Nc1ccc(N(C)C)cc1. The molecular weight excluding hydrogens is 258 g/mol. The molecule has 6 heteroatoms. The molecule has 0 aliphatic carbocycles. The lowest BCUT2D eigenvalue weighted by Crippen LogP contribution is -2.39. The van der Waals surface area contributed by atoms with Gasteiger partial charge in [0.05, 0.1) is 6.54 Å². The molecular formula is C14H17N3O3. The van der Waals surface area contributed by atoms with Crippen molar-refractivity contribution in [1.82, 2.24) is 4.90 Å². The number of carbonyl (C=O) groups is 2. The lowest BCUT2D eigenvalue weighted by atomic mass is 10.2. The summed E-state index contributed by atoms with van der Waals surface area (Å²) in [6.07, 6.45) is 5.12. The fourth-order valence-corrected chi connectivity index (χ4v) is 1.52. The lowest BCUT2D eigenvalue weighted by Gasteiger charge is -2.19. The Labute approximate surface area is 118 Å². The molecule has 0 aliphatic rings. The first-order valence-electron chi connectivity index (χ1n) is 5.92. The van der Waals surface area contributed by atoms with E-state index in [4.69, 9.17) is 11.5 Å². The van der Waals surface area contributed by atoms with Crippen LogP contribution in [0, 0.1) is 12.3 Å². The number of hydrogen-bond donors (Lipinski definition) is 2. The van der Waals surface area contributed by atoms with Crippen LogP contribution in [0.5, 0.6) is 0 Å². The number of carbonyl (C=O) groups excluding carboxylic acids is 1. The van der Waals surface area contributed by atoms with E-state index in [1.54, 1.807) is 12.1 Å². The van der Waals surface area contributed by atoms with E-state index in [2.05, 4.69) is 11.2 Å². The van der Waals surface area contributed by atoms with Gasteiger partial charge in [0, 0.05) is 25.5 Å². The van der Waals surface area contributed by atoms with E-state index in [0.717, 1.165) is 10.6 Å². The molecule has 2 amide bonds. The van der Waals surface area contributed by atoms with Gasteiger partial charge in [-0.25, -0.2) is 4.79 Å². The average Bonchev–Trinajstić information content (AvgIpc) is 2.38. The Balaban J connectivity index is 2.72. The molecule has 0 aliphatic heterocycles. The molecule has 0 unspecified atom stereocenters. The minimum absolute atomic E-state index is 0.0616. The van der Waals surface area contributed by atoms with Crippen LogP contribution in [0.4, 0.5) is 16.2 Å². The second-order valence-corrected chi connectivity index (χ2v) is 4.33. The molecule has 20 heavy (non-hydrogen) atoms. The van der Waals surface area contributed by atoms with Crippen LogP contribution >= 0.6 is 0 Å². The van der Waals surface area contributed by atoms with Crippen LogP contribution in [0.15, 0.2) is 24.3 Å². The number of nitrogens with one attached hydrogen (secondary N) is 1. The molecule has 0 radical (unpaired) electrons. The van der Waals surface area contributed by atoms with Gasteiger partial charge in [-0.05, 0) is 24.3 Å². The minimum atomic E-state index is -1.11. The number of anilines is 2. The predicted octanol–water partition coefficient (Wildman–Crippen LogP) is 1.30. The van der Waals surface area contributed by atoms with Crippen molar-refractivity contribution in [3.8, 4) is 12.3 Å². The largest absolute Gasteiger partial charge is 0.480 e. The monoisotopic (exact) mass is 275 g/mol. The second kappa shape index (κ2) is 7.04. The fraction of sp³-hybridized carbons (Fsp3) is 0.286. The number of carboxylic acid groups (broad SMARTS) is 1. The van der Waals surface area contributed by atoms with Crippen LogP contribution in [0.25, 0.3) is 0 Å². The number of amides is 2. The van der Waals surface area contributed by atoms with Gasteiger partial charge in [0.15, 0.2) is 0 Å². The Hall–Kier alpha value is -2.68. The van der Waals surface area contributed by atoms with Gasteiger partial charge in [-0.3, -0.25) is 4.79 Å². The number of urea groups is 1. The molecule has 0 aromatic heterocycles. The maximum Gasteiger partial charge on any atom is 0.323 e. The van der Waals surface area contributed by atoms with Crippen molar-refractivity contribution >= 4 is 23.4 Å². The molecule has 1 aromatic rings. The second-order valence-electron chi connectivity index (χ2n) is 4.33. The molecule has 0 saturated carbocycles. The molecule has 1 aromatic carbocycles. The third-order valence-electron chi connectivity index (χ3n) is 2.53. The number of terminal acetylenes is 1. The van der Waals surface area contributed by atoms with E-state index in [-0.39, 0.29) is 6.54 Å². The van der Waals surface area contributed by atoms with E-state index in [9.17, 15) is 9.59 Å². The van der Waals surface area contributed by atoms with Crippen molar-refractivity contribution < 1.29 is 14.7 Å². The Kier molecular flexibility index (Phi) is 5.42. The summed E-state index contributed by atoms with van der Waals surface area (Å²) in [5, 5.41) is 11.3. The van der Waals surface area contributed by atoms with Crippen molar-refractivity contribution in [2.45, 2.75) is 0 Å². The third kappa shape index (κ3) is 4.53. The molecule has 0 saturated heterocycles. The number of hydrogen-bond acceptors (Lipinski definition) is 3. The lowest BCUT2D eigenvalue weighted by molar-refractivity contribution is -0.137. The maximum atomic E-state index is 11.9. The summed E-state index contributed by atoms with van der Waals surface area (Å²) in [6, 6.07) is 6.63. The quantitative estimate of drug-likeness (QED) is 0.795. The summed E-state index contributed by atoms with van der Waals surface area (Å²) in [6.45, 7) is -0.500. The maximum absolute atomic E-state index is 11.9. The van der Waals surface area contributed by atoms with Gasteiger partial charge in [-0.1, -0.05) is 5.92 Å².